The summed E-state index contributed by atoms with van der Waals surface area (Å²) in [4.78, 5) is 10.3. The number of nitrogens with one attached hydrogen (secondary N) is 2. The van der Waals surface area contributed by atoms with Crippen LogP contribution in [0.5, 0.6) is 0 Å². The molecule has 8 heteroatoms. The normalized spacial score (nSPS) is 10.4. The Labute approximate surface area is 162 Å². The van der Waals surface area contributed by atoms with E-state index in [2.05, 4.69) is 27.9 Å². The fourth-order valence-corrected chi connectivity index (χ4v) is 2.95. The van der Waals surface area contributed by atoms with Gasteiger partial charge in [-0.2, -0.15) is 5.10 Å². The number of thiocarbonyl (C=S) groups is 1. The molecule has 0 spiro atoms. The lowest BCUT2D eigenvalue weighted by atomic mass is 10.2. The van der Waals surface area contributed by atoms with Gasteiger partial charge in [0, 0.05) is 17.8 Å². The molecule has 2 aromatic carbocycles. The molecule has 1 aromatic heterocycles. The van der Waals surface area contributed by atoms with Crippen LogP contribution < -0.4 is 10.6 Å². The standard InChI is InChI=1S/C19H19N5O2S/c1-13-18(14(2)23(22-13)12-15-6-4-3-5-7-15)21-19(27)20-16-8-10-17(11-9-16)24(25)26/h3-11H,12H2,1-2H3,(H2,20,21,27). The van der Waals surface area contributed by atoms with E-state index in [0.717, 1.165) is 17.1 Å². The summed E-state index contributed by atoms with van der Waals surface area (Å²) in [5, 5.41) is 21.9. The Morgan fingerprint density at radius 2 is 1.78 bits per heavy atom. The molecule has 2 N–H and O–H groups in total. The third kappa shape index (κ3) is 4.48. The molecular formula is C19H19N5O2S. The Kier molecular flexibility index (Phi) is 5.46. The zero-order valence-electron chi connectivity index (χ0n) is 15.0. The zero-order valence-corrected chi connectivity index (χ0v) is 15.8. The first-order valence-corrected chi connectivity index (χ1v) is 8.75. The van der Waals surface area contributed by atoms with E-state index in [9.17, 15) is 10.1 Å². The first-order valence-electron chi connectivity index (χ1n) is 8.34. The summed E-state index contributed by atoms with van der Waals surface area (Å²) >= 11 is 5.37. The lowest BCUT2D eigenvalue weighted by Crippen LogP contribution is -2.20. The molecule has 3 rings (SSSR count). The highest BCUT2D eigenvalue weighted by molar-refractivity contribution is 7.80. The van der Waals surface area contributed by atoms with Gasteiger partial charge >= 0.3 is 0 Å². The molecule has 7 nitrogen and oxygen atoms in total. The molecule has 0 atom stereocenters. The monoisotopic (exact) mass is 381 g/mol. The summed E-state index contributed by atoms with van der Waals surface area (Å²) in [5.74, 6) is 0. The highest BCUT2D eigenvalue weighted by Gasteiger charge is 2.13. The van der Waals surface area contributed by atoms with E-state index in [4.69, 9.17) is 12.2 Å². The van der Waals surface area contributed by atoms with Gasteiger partial charge in [0.15, 0.2) is 5.11 Å². The van der Waals surface area contributed by atoms with Crippen molar-refractivity contribution in [1.29, 1.82) is 0 Å². The number of nitro groups is 1. The second-order valence-electron chi connectivity index (χ2n) is 6.07. The third-order valence-electron chi connectivity index (χ3n) is 4.13. The van der Waals surface area contributed by atoms with E-state index < -0.39 is 4.92 Å². The van der Waals surface area contributed by atoms with E-state index in [1.807, 2.05) is 36.7 Å². The second kappa shape index (κ2) is 7.96. The minimum absolute atomic E-state index is 0.0355. The van der Waals surface area contributed by atoms with Gasteiger partial charge in [-0.05, 0) is 43.8 Å². The number of benzene rings is 2. The number of hydrogen-bond donors (Lipinski definition) is 2. The lowest BCUT2D eigenvalue weighted by molar-refractivity contribution is -0.384. The molecule has 0 bridgehead atoms. The summed E-state index contributed by atoms with van der Waals surface area (Å²) in [6.07, 6.45) is 0. The van der Waals surface area contributed by atoms with Gasteiger partial charge in [-0.3, -0.25) is 14.8 Å². The topological polar surface area (TPSA) is 85.0 Å². The van der Waals surface area contributed by atoms with Gasteiger partial charge in [-0.1, -0.05) is 30.3 Å². The van der Waals surface area contributed by atoms with Crippen LogP contribution in [0.4, 0.5) is 17.1 Å². The van der Waals surface area contributed by atoms with Gasteiger partial charge in [0.25, 0.3) is 5.69 Å². The molecule has 0 amide bonds. The Hall–Kier alpha value is -3.26. The molecule has 3 aromatic rings. The van der Waals surface area contributed by atoms with E-state index in [-0.39, 0.29) is 5.69 Å². The SMILES string of the molecule is Cc1nn(Cc2ccccc2)c(C)c1NC(=S)Nc1ccc([N+](=O)[O-])cc1. The highest BCUT2D eigenvalue weighted by atomic mass is 32.1. The number of nitrogens with zero attached hydrogens (tertiary/aromatic N) is 3. The molecule has 27 heavy (non-hydrogen) atoms. The lowest BCUT2D eigenvalue weighted by Gasteiger charge is -2.11. The molecule has 1 heterocycles. The minimum Gasteiger partial charge on any atom is -0.332 e. The molecule has 0 saturated heterocycles. The van der Waals surface area contributed by atoms with Gasteiger partial charge in [0.1, 0.15) is 0 Å². The average Bonchev–Trinajstić information content (AvgIpc) is 2.90. The van der Waals surface area contributed by atoms with Gasteiger partial charge in [0.2, 0.25) is 0 Å². The van der Waals surface area contributed by atoms with Crippen molar-refractivity contribution in [3.8, 4) is 0 Å². The van der Waals surface area contributed by atoms with Crippen molar-refractivity contribution in [3.05, 3.63) is 81.7 Å². The maximum absolute atomic E-state index is 10.7. The predicted octanol–water partition coefficient (Wildman–Crippen LogP) is 4.27. The Morgan fingerprint density at radius 1 is 1.11 bits per heavy atom. The summed E-state index contributed by atoms with van der Waals surface area (Å²) in [7, 11) is 0. The Balaban J connectivity index is 1.69. The minimum atomic E-state index is -0.436. The maximum Gasteiger partial charge on any atom is 0.269 e. The van der Waals surface area contributed by atoms with Crippen LogP contribution in [0.3, 0.4) is 0 Å². The fourth-order valence-electron chi connectivity index (χ4n) is 2.73. The fraction of sp³-hybridized carbons (Fsp3) is 0.158. The molecule has 0 aliphatic heterocycles. The van der Waals surface area contributed by atoms with Crippen molar-refractivity contribution in [3.63, 3.8) is 0 Å². The van der Waals surface area contributed by atoms with Crippen molar-refractivity contribution in [2.24, 2.45) is 0 Å². The number of nitro benzene ring substituents is 1. The van der Waals surface area contributed by atoms with E-state index in [1.165, 1.54) is 17.7 Å². The molecule has 0 unspecified atom stereocenters. The molecular weight excluding hydrogens is 362 g/mol. The van der Waals surface area contributed by atoms with Crippen LogP contribution in [-0.4, -0.2) is 19.8 Å². The number of non-ortho nitro benzene ring substituents is 1. The van der Waals surface area contributed by atoms with Crippen molar-refractivity contribution in [2.75, 3.05) is 10.6 Å². The first kappa shape index (κ1) is 18.5. The van der Waals surface area contributed by atoms with E-state index in [1.54, 1.807) is 12.1 Å². The number of anilines is 2. The van der Waals surface area contributed by atoms with Crippen molar-refractivity contribution in [1.82, 2.24) is 9.78 Å². The molecule has 138 valence electrons. The molecule has 0 radical (unpaired) electrons. The summed E-state index contributed by atoms with van der Waals surface area (Å²) in [6, 6.07) is 16.2. The molecule has 0 saturated carbocycles. The third-order valence-corrected chi connectivity index (χ3v) is 4.34. The smallest absolute Gasteiger partial charge is 0.269 e. The van der Waals surface area contributed by atoms with Crippen LogP contribution in [0.2, 0.25) is 0 Å². The summed E-state index contributed by atoms with van der Waals surface area (Å²) in [5.41, 5.74) is 4.55. The number of rotatable bonds is 5. The number of aromatic nitrogens is 2. The van der Waals surface area contributed by atoms with Crippen LogP contribution in [0.1, 0.15) is 17.0 Å². The van der Waals surface area contributed by atoms with Crippen molar-refractivity contribution in [2.45, 2.75) is 20.4 Å². The van der Waals surface area contributed by atoms with E-state index >= 15 is 0 Å². The van der Waals surface area contributed by atoms with Gasteiger partial charge < -0.3 is 10.6 Å². The Bertz CT molecular complexity index is 968. The summed E-state index contributed by atoms with van der Waals surface area (Å²) in [6.45, 7) is 4.59. The largest absolute Gasteiger partial charge is 0.332 e. The maximum atomic E-state index is 10.7. The van der Waals surface area contributed by atoms with Crippen molar-refractivity contribution >= 4 is 34.4 Å². The van der Waals surface area contributed by atoms with Crippen LogP contribution >= 0.6 is 12.2 Å². The highest BCUT2D eigenvalue weighted by Crippen LogP contribution is 2.21. The average molecular weight is 381 g/mol. The van der Waals surface area contributed by atoms with Gasteiger partial charge in [-0.25, -0.2) is 0 Å². The molecule has 0 aliphatic rings. The predicted molar refractivity (Wildman–Crippen MR) is 110 cm³/mol. The second-order valence-corrected chi connectivity index (χ2v) is 6.48. The van der Waals surface area contributed by atoms with Gasteiger partial charge in [0.05, 0.1) is 28.5 Å². The Morgan fingerprint density at radius 3 is 2.41 bits per heavy atom. The van der Waals surface area contributed by atoms with Gasteiger partial charge in [-0.15, -0.1) is 0 Å². The first-order chi connectivity index (χ1) is 12.9. The zero-order chi connectivity index (χ0) is 19.4. The van der Waals surface area contributed by atoms with Crippen LogP contribution in [0, 0.1) is 24.0 Å². The van der Waals surface area contributed by atoms with Crippen LogP contribution in [-0.2, 0) is 6.54 Å². The quantitative estimate of drug-likeness (QED) is 0.390. The van der Waals surface area contributed by atoms with Crippen molar-refractivity contribution < 1.29 is 4.92 Å². The van der Waals surface area contributed by atoms with Crippen LogP contribution in [0.25, 0.3) is 0 Å². The molecule has 0 aliphatic carbocycles. The number of hydrogen-bond acceptors (Lipinski definition) is 4. The van der Waals surface area contributed by atoms with Crippen LogP contribution in [0.15, 0.2) is 54.6 Å². The van der Waals surface area contributed by atoms with E-state index in [0.29, 0.717) is 17.3 Å². The summed E-state index contributed by atoms with van der Waals surface area (Å²) < 4.78 is 1.93. The molecule has 0 fully saturated rings. The number of aryl methyl sites for hydroxylation is 1.